The molecule has 2 rings (SSSR count). The Labute approximate surface area is 144 Å². The van der Waals surface area contributed by atoms with E-state index in [4.69, 9.17) is 16.3 Å². The average molecular weight is 399 g/mol. The van der Waals surface area contributed by atoms with E-state index in [9.17, 15) is 19.7 Å². The van der Waals surface area contributed by atoms with E-state index in [0.717, 1.165) is 10.5 Å². The summed E-state index contributed by atoms with van der Waals surface area (Å²) in [4.78, 5) is 34.0. The van der Waals surface area contributed by atoms with E-state index in [1.54, 1.807) is 24.3 Å². The van der Waals surface area contributed by atoms with Crippen LogP contribution in [0.3, 0.4) is 0 Å². The number of carbonyl (C=O) groups excluding carboxylic acids is 2. The number of non-ortho nitro benzene ring substituents is 1. The number of nitrogens with zero attached hydrogens (tertiary/aromatic N) is 1. The third-order valence-electron chi connectivity index (χ3n) is 2.86. The molecule has 0 unspecified atom stereocenters. The number of Topliss-reactive ketones (excluding diaryl/α,β-unsaturated/α-hetero) is 1. The van der Waals surface area contributed by atoms with Crippen LogP contribution in [0.4, 0.5) is 5.69 Å². The lowest BCUT2D eigenvalue weighted by Gasteiger charge is -2.06. The van der Waals surface area contributed by atoms with Gasteiger partial charge in [0.15, 0.2) is 12.4 Å². The number of ketones is 1. The zero-order valence-corrected chi connectivity index (χ0v) is 13.8. The maximum Gasteiger partial charge on any atom is 0.340 e. The average Bonchev–Trinajstić information content (AvgIpc) is 2.52. The molecule has 0 aliphatic carbocycles. The Bertz CT molecular complexity index is 793. The van der Waals surface area contributed by atoms with Crippen molar-refractivity contribution in [2.45, 2.75) is 0 Å². The molecule has 0 aromatic heterocycles. The van der Waals surface area contributed by atoms with Gasteiger partial charge in [0.05, 0.1) is 15.5 Å². The number of esters is 1. The first-order chi connectivity index (χ1) is 10.9. The fourth-order valence-electron chi connectivity index (χ4n) is 1.74. The van der Waals surface area contributed by atoms with Gasteiger partial charge in [0.25, 0.3) is 5.69 Å². The molecule has 0 aliphatic heterocycles. The fourth-order valence-corrected chi connectivity index (χ4v) is 2.33. The Hall–Kier alpha value is -2.25. The van der Waals surface area contributed by atoms with Crippen LogP contribution in [0, 0.1) is 10.1 Å². The van der Waals surface area contributed by atoms with Crippen LogP contribution in [0.5, 0.6) is 0 Å². The van der Waals surface area contributed by atoms with Gasteiger partial charge in [-0.2, -0.15) is 0 Å². The zero-order chi connectivity index (χ0) is 17.0. The summed E-state index contributed by atoms with van der Waals surface area (Å²) in [6.45, 7) is -0.492. The predicted octanol–water partition coefficient (Wildman–Crippen LogP) is 4.05. The summed E-state index contributed by atoms with van der Waals surface area (Å²) in [5.41, 5.74) is -0.0834. The lowest BCUT2D eigenvalue weighted by atomic mass is 10.1. The summed E-state index contributed by atoms with van der Waals surface area (Å²) in [6, 6.07) is 10.0. The molecule has 0 saturated heterocycles. The number of benzene rings is 2. The normalized spacial score (nSPS) is 10.2. The smallest absolute Gasteiger partial charge is 0.340 e. The van der Waals surface area contributed by atoms with Crippen molar-refractivity contribution < 1.29 is 19.2 Å². The molecule has 0 aliphatic rings. The maximum atomic E-state index is 12.0. The van der Waals surface area contributed by atoms with Gasteiger partial charge >= 0.3 is 5.97 Å². The third kappa shape index (κ3) is 4.37. The summed E-state index contributed by atoms with van der Waals surface area (Å²) >= 11 is 9.07. The van der Waals surface area contributed by atoms with Crippen LogP contribution in [0.1, 0.15) is 20.7 Å². The molecule has 23 heavy (non-hydrogen) atoms. The summed E-state index contributed by atoms with van der Waals surface area (Å²) < 4.78 is 5.61. The van der Waals surface area contributed by atoms with Gasteiger partial charge in [-0.05, 0) is 18.2 Å². The Morgan fingerprint density at radius 2 is 1.96 bits per heavy atom. The van der Waals surface area contributed by atoms with Gasteiger partial charge in [-0.1, -0.05) is 39.7 Å². The first-order valence-corrected chi connectivity index (χ1v) is 7.45. The maximum absolute atomic E-state index is 12.0. The predicted molar refractivity (Wildman–Crippen MR) is 86.9 cm³/mol. The van der Waals surface area contributed by atoms with E-state index in [0.29, 0.717) is 5.56 Å². The molecule has 0 radical (unpaired) electrons. The van der Waals surface area contributed by atoms with Crippen molar-refractivity contribution in [2.75, 3.05) is 6.61 Å². The highest BCUT2D eigenvalue weighted by molar-refractivity contribution is 9.10. The van der Waals surface area contributed by atoms with Crippen molar-refractivity contribution >= 4 is 45.0 Å². The van der Waals surface area contributed by atoms with E-state index in [1.807, 2.05) is 0 Å². The van der Waals surface area contributed by atoms with Gasteiger partial charge in [0, 0.05) is 22.2 Å². The molecular weight excluding hydrogens is 390 g/mol. The van der Waals surface area contributed by atoms with E-state index in [1.165, 1.54) is 12.1 Å². The Morgan fingerprint density at radius 3 is 2.61 bits per heavy atom. The molecule has 0 fully saturated rings. The quantitative estimate of drug-likeness (QED) is 0.328. The Morgan fingerprint density at radius 1 is 1.22 bits per heavy atom. The standard InChI is InChI=1S/C15H9BrClNO5/c16-10-3-1-2-9(6-10)14(19)8-23-15(20)12-7-11(18(21)22)4-5-13(12)17/h1-7H,8H2. The van der Waals surface area contributed by atoms with Crippen LogP contribution in [0.2, 0.25) is 5.02 Å². The molecule has 0 atom stereocenters. The van der Waals surface area contributed by atoms with Crippen LogP contribution in [-0.4, -0.2) is 23.3 Å². The molecule has 0 N–H and O–H groups in total. The number of halogens is 2. The first kappa shape index (κ1) is 17.1. The van der Waals surface area contributed by atoms with Crippen molar-refractivity contribution in [3.63, 3.8) is 0 Å². The van der Waals surface area contributed by atoms with E-state index < -0.39 is 23.3 Å². The summed E-state index contributed by atoms with van der Waals surface area (Å²) in [7, 11) is 0. The second kappa shape index (κ2) is 7.34. The molecule has 2 aromatic rings. The van der Waals surface area contributed by atoms with Crippen molar-refractivity contribution in [2.24, 2.45) is 0 Å². The van der Waals surface area contributed by atoms with Gasteiger partial charge in [-0.15, -0.1) is 0 Å². The number of hydrogen-bond acceptors (Lipinski definition) is 5. The number of ether oxygens (including phenoxy) is 1. The highest BCUT2D eigenvalue weighted by Crippen LogP contribution is 2.23. The van der Waals surface area contributed by atoms with E-state index in [-0.39, 0.29) is 16.3 Å². The lowest BCUT2D eigenvalue weighted by Crippen LogP contribution is -2.14. The second-order valence-corrected chi connectivity index (χ2v) is 5.75. The van der Waals surface area contributed by atoms with Gasteiger partial charge in [-0.3, -0.25) is 14.9 Å². The Kier molecular flexibility index (Phi) is 5.46. The molecular formula is C15H9BrClNO5. The molecule has 0 bridgehead atoms. The number of hydrogen-bond donors (Lipinski definition) is 0. The molecule has 8 heteroatoms. The van der Waals surface area contributed by atoms with Gasteiger partial charge in [0.2, 0.25) is 0 Å². The van der Waals surface area contributed by atoms with Gasteiger partial charge in [-0.25, -0.2) is 4.79 Å². The molecule has 0 saturated carbocycles. The zero-order valence-electron chi connectivity index (χ0n) is 11.5. The largest absolute Gasteiger partial charge is 0.454 e. The topological polar surface area (TPSA) is 86.5 Å². The SMILES string of the molecule is O=C(COC(=O)c1cc([N+](=O)[O-])ccc1Cl)c1cccc(Br)c1. The number of nitro groups is 1. The minimum Gasteiger partial charge on any atom is -0.454 e. The fraction of sp³-hybridized carbons (Fsp3) is 0.0667. The number of carbonyl (C=O) groups is 2. The first-order valence-electron chi connectivity index (χ1n) is 6.28. The summed E-state index contributed by atoms with van der Waals surface area (Å²) in [5, 5.41) is 10.7. The molecule has 2 aromatic carbocycles. The summed E-state index contributed by atoms with van der Waals surface area (Å²) in [6.07, 6.45) is 0. The second-order valence-electron chi connectivity index (χ2n) is 4.43. The minimum absolute atomic E-state index is 0.00973. The van der Waals surface area contributed by atoms with Crippen LogP contribution in [0.15, 0.2) is 46.9 Å². The Balaban J connectivity index is 2.09. The molecule has 6 nitrogen and oxygen atoms in total. The minimum atomic E-state index is -0.901. The highest BCUT2D eigenvalue weighted by Gasteiger charge is 2.18. The van der Waals surface area contributed by atoms with Crippen LogP contribution in [0.25, 0.3) is 0 Å². The summed E-state index contributed by atoms with van der Waals surface area (Å²) in [5.74, 6) is -1.30. The molecule has 0 amide bonds. The van der Waals surface area contributed by atoms with E-state index >= 15 is 0 Å². The molecule has 0 spiro atoms. The van der Waals surface area contributed by atoms with Crippen LogP contribution >= 0.6 is 27.5 Å². The molecule has 118 valence electrons. The van der Waals surface area contributed by atoms with Crippen LogP contribution < -0.4 is 0 Å². The number of nitro benzene ring substituents is 1. The van der Waals surface area contributed by atoms with Crippen molar-refractivity contribution in [1.29, 1.82) is 0 Å². The van der Waals surface area contributed by atoms with Crippen molar-refractivity contribution in [3.05, 3.63) is 73.2 Å². The van der Waals surface area contributed by atoms with Gasteiger partial charge < -0.3 is 4.74 Å². The molecule has 0 heterocycles. The third-order valence-corrected chi connectivity index (χ3v) is 3.68. The van der Waals surface area contributed by atoms with Gasteiger partial charge in [0.1, 0.15) is 0 Å². The lowest BCUT2D eigenvalue weighted by molar-refractivity contribution is -0.384. The highest BCUT2D eigenvalue weighted by atomic mass is 79.9. The van der Waals surface area contributed by atoms with Crippen molar-refractivity contribution in [3.8, 4) is 0 Å². The van der Waals surface area contributed by atoms with E-state index in [2.05, 4.69) is 15.9 Å². The van der Waals surface area contributed by atoms with Crippen LogP contribution in [-0.2, 0) is 4.74 Å². The number of rotatable bonds is 5. The van der Waals surface area contributed by atoms with Crippen molar-refractivity contribution in [1.82, 2.24) is 0 Å². The monoisotopic (exact) mass is 397 g/mol.